The number of carbonyl (C=O) groups is 1. The summed E-state index contributed by atoms with van der Waals surface area (Å²) in [5.74, 6) is 1.07. The number of hydrazine groups is 1. The molecule has 0 bridgehead atoms. The van der Waals surface area contributed by atoms with Crippen molar-refractivity contribution < 1.29 is 27.4 Å². The summed E-state index contributed by atoms with van der Waals surface area (Å²) in [6.45, 7) is 1.04. The molecule has 198 valence electrons. The number of hydrogen-bond acceptors (Lipinski definition) is 7. The molecule has 0 radical (unpaired) electrons. The Hall–Kier alpha value is -3.28. The van der Waals surface area contributed by atoms with Gasteiger partial charge in [-0.2, -0.15) is 13.2 Å². The molecule has 3 N–H and O–H groups in total. The van der Waals surface area contributed by atoms with Gasteiger partial charge in [-0.15, -0.1) is 12.4 Å². The summed E-state index contributed by atoms with van der Waals surface area (Å²) >= 11 is 0. The van der Waals surface area contributed by atoms with Gasteiger partial charge in [0.25, 0.3) is 5.91 Å². The second-order valence-corrected chi connectivity index (χ2v) is 8.97. The molecule has 0 saturated carbocycles. The molecular formula is C25H27ClF3N5O3. The van der Waals surface area contributed by atoms with Gasteiger partial charge in [-0.05, 0) is 41.5 Å². The van der Waals surface area contributed by atoms with Crippen LogP contribution in [-0.4, -0.2) is 61.2 Å². The number of benzene rings is 2. The molecule has 8 nitrogen and oxygen atoms in total. The minimum absolute atomic E-state index is 0. The van der Waals surface area contributed by atoms with E-state index in [0.29, 0.717) is 35.7 Å². The lowest BCUT2D eigenvalue weighted by Crippen LogP contribution is -2.57. The lowest BCUT2D eigenvalue weighted by atomic mass is 10.0. The number of nitrogens with zero attached hydrogens (tertiary/aromatic N) is 3. The maximum atomic E-state index is 14.0. The predicted octanol–water partition coefficient (Wildman–Crippen LogP) is 3.76. The van der Waals surface area contributed by atoms with Gasteiger partial charge < -0.3 is 20.1 Å². The van der Waals surface area contributed by atoms with Gasteiger partial charge >= 0.3 is 6.18 Å². The summed E-state index contributed by atoms with van der Waals surface area (Å²) in [6, 6.07) is 10.6. The number of aliphatic imine (C=N–C) groups is 1. The SMILES string of the molecule is COc1ccc(C2C=C(C(F)(F)F)N3NC(c4ccc(C(=O)N5CC(N)C5)cc4)CC3=N2)cc1OC.Cl. The Labute approximate surface area is 218 Å². The van der Waals surface area contributed by atoms with Gasteiger partial charge in [-0.3, -0.25) is 14.8 Å². The summed E-state index contributed by atoms with van der Waals surface area (Å²) in [4.78, 5) is 18.8. The first-order valence-corrected chi connectivity index (χ1v) is 11.5. The molecule has 12 heteroatoms. The van der Waals surface area contributed by atoms with Gasteiger partial charge in [0.15, 0.2) is 11.5 Å². The molecule has 5 rings (SSSR count). The number of halogens is 4. The fraction of sp³-hybridized carbons (Fsp3) is 0.360. The first kappa shape index (κ1) is 26.8. The molecule has 1 amide bonds. The third kappa shape index (κ3) is 5.11. The van der Waals surface area contributed by atoms with Crippen LogP contribution in [0.2, 0.25) is 0 Å². The van der Waals surface area contributed by atoms with Crippen LogP contribution in [0.3, 0.4) is 0 Å². The smallest absolute Gasteiger partial charge is 0.432 e. The molecule has 0 aromatic heterocycles. The molecule has 2 aromatic carbocycles. The van der Waals surface area contributed by atoms with Crippen LogP contribution in [0.25, 0.3) is 0 Å². The van der Waals surface area contributed by atoms with E-state index in [-0.39, 0.29) is 36.6 Å². The maximum Gasteiger partial charge on any atom is 0.432 e. The molecule has 2 unspecified atom stereocenters. The van der Waals surface area contributed by atoms with Crippen molar-refractivity contribution in [1.82, 2.24) is 15.3 Å². The molecule has 37 heavy (non-hydrogen) atoms. The number of nitrogens with one attached hydrogen (secondary N) is 1. The number of amidine groups is 1. The Morgan fingerprint density at radius 1 is 1.05 bits per heavy atom. The Morgan fingerprint density at radius 2 is 1.70 bits per heavy atom. The Morgan fingerprint density at radius 3 is 2.30 bits per heavy atom. The normalized spacial score (nSPS) is 21.4. The second-order valence-electron chi connectivity index (χ2n) is 8.97. The number of methoxy groups -OCH3 is 2. The van der Waals surface area contributed by atoms with Crippen molar-refractivity contribution >= 4 is 24.1 Å². The zero-order valence-corrected chi connectivity index (χ0v) is 21.0. The van der Waals surface area contributed by atoms with Gasteiger partial charge in [0.1, 0.15) is 11.5 Å². The zero-order valence-electron chi connectivity index (χ0n) is 20.2. The van der Waals surface area contributed by atoms with Crippen molar-refractivity contribution in [3.8, 4) is 11.5 Å². The van der Waals surface area contributed by atoms with E-state index in [4.69, 9.17) is 15.2 Å². The first-order valence-electron chi connectivity index (χ1n) is 11.5. The Kier molecular flexibility index (Phi) is 7.40. The Bertz CT molecular complexity index is 1230. The minimum Gasteiger partial charge on any atom is -0.493 e. The van der Waals surface area contributed by atoms with E-state index in [0.717, 1.165) is 16.6 Å². The van der Waals surface area contributed by atoms with Gasteiger partial charge in [-0.25, -0.2) is 5.43 Å². The number of likely N-dealkylation sites (tertiary alicyclic amines) is 1. The van der Waals surface area contributed by atoms with Crippen LogP contribution < -0.4 is 20.6 Å². The predicted molar refractivity (Wildman–Crippen MR) is 134 cm³/mol. The van der Waals surface area contributed by atoms with E-state index in [1.165, 1.54) is 14.2 Å². The molecule has 2 fully saturated rings. The van der Waals surface area contributed by atoms with Gasteiger partial charge in [0, 0.05) is 31.1 Å². The fourth-order valence-electron chi connectivity index (χ4n) is 4.63. The third-order valence-electron chi connectivity index (χ3n) is 6.57. The van der Waals surface area contributed by atoms with E-state index >= 15 is 0 Å². The van der Waals surface area contributed by atoms with E-state index in [9.17, 15) is 18.0 Å². The molecule has 2 atom stereocenters. The van der Waals surface area contributed by atoms with E-state index in [1.807, 2.05) is 0 Å². The van der Waals surface area contributed by atoms with Crippen LogP contribution in [0, 0.1) is 0 Å². The molecule has 2 saturated heterocycles. The van der Waals surface area contributed by atoms with Crippen LogP contribution in [0.15, 0.2) is 59.2 Å². The first-order chi connectivity index (χ1) is 17.2. The minimum atomic E-state index is -4.59. The number of allylic oxidation sites excluding steroid dienone is 1. The number of alkyl halides is 3. The van der Waals surface area contributed by atoms with Crippen molar-refractivity contribution in [2.24, 2.45) is 10.7 Å². The van der Waals surface area contributed by atoms with Crippen LogP contribution in [0.4, 0.5) is 13.2 Å². The largest absolute Gasteiger partial charge is 0.493 e. The van der Waals surface area contributed by atoms with Crippen LogP contribution >= 0.6 is 12.4 Å². The highest BCUT2D eigenvalue weighted by Crippen LogP contribution is 2.41. The van der Waals surface area contributed by atoms with Gasteiger partial charge in [0.2, 0.25) is 0 Å². The number of nitrogens with two attached hydrogens (primary N) is 1. The van der Waals surface area contributed by atoms with Crippen LogP contribution in [0.1, 0.15) is 40.0 Å². The lowest BCUT2D eigenvalue weighted by Gasteiger charge is -2.36. The molecule has 2 aromatic rings. The van der Waals surface area contributed by atoms with Gasteiger partial charge in [-0.1, -0.05) is 18.2 Å². The molecule has 3 aliphatic rings. The van der Waals surface area contributed by atoms with Crippen molar-refractivity contribution in [3.63, 3.8) is 0 Å². The highest BCUT2D eigenvalue weighted by atomic mass is 35.5. The van der Waals surface area contributed by atoms with Crippen molar-refractivity contribution in [2.45, 2.75) is 30.7 Å². The highest BCUT2D eigenvalue weighted by molar-refractivity contribution is 5.95. The van der Waals surface area contributed by atoms with Crippen molar-refractivity contribution in [2.75, 3.05) is 27.3 Å². The van der Waals surface area contributed by atoms with Gasteiger partial charge in [0.05, 0.1) is 26.3 Å². The second kappa shape index (κ2) is 10.2. The number of amides is 1. The number of hydrogen-bond donors (Lipinski definition) is 2. The Balaban J connectivity index is 0.00000320. The number of rotatable bonds is 5. The average Bonchev–Trinajstić information content (AvgIpc) is 3.29. The topological polar surface area (TPSA) is 92.4 Å². The summed E-state index contributed by atoms with van der Waals surface area (Å²) in [7, 11) is 2.96. The quantitative estimate of drug-likeness (QED) is 0.603. The molecule has 0 aliphatic carbocycles. The monoisotopic (exact) mass is 537 g/mol. The van der Waals surface area contributed by atoms with Crippen LogP contribution in [0.5, 0.6) is 11.5 Å². The van der Waals surface area contributed by atoms with Crippen molar-refractivity contribution in [3.05, 3.63) is 70.9 Å². The summed E-state index contributed by atoms with van der Waals surface area (Å²) < 4.78 is 52.7. The summed E-state index contributed by atoms with van der Waals surface area (Å²) in [5.41, 5.74) is 9.69. The molecule has 3 aliphatic heterocycles. The molecule has 0 spiro atoms. The number of ether oxygens (including phenoxy) is 2. The van der Waals surface area contributed by atoms with Crippen molar-refractivity contribution in [1.29, 1.82) is 0 Å². The third-order valence-corrected chi connectivity index (χ3v) is 6.57. The molecular weight excluding hydrogens is 511 g/mol. The van der Waals surface area contributed by atoms with E-state index in [1.54, 1.807) is 47.4 Å². The number of fused-ring (bicyclic) bond motifs is 1. The summed E-state index contributed by atoms with van der Waals surface area (Å²) in [6.07, 6.45) is -3.24. The average molecular weight is 538 g/mol. The number of carbonyl (C=O) groups excluding carboxylic acids is 1. The summed E-state index contributed by atoms with van der Waals surface area (Å²) in [5, 5.41) is 1.02. The fourth-order valence-corrected chi connectivity index (χ4v) is 4.63. The van der Waals surface area contributed by atoms with E-state index < -0.39 is 24.0 Å². The van der Waals surface area contributed by atoms with E-state index in [2.05, 4.69) is 10.4 Å². The standard InChI is InChI=1S/C25H26F3N5O3.ClH/c1-35-20-8-7-16(9-21(20)36-2)18-10-22(25(26,27)28)33-23(30-18)11-19(31-33)14-3-5-15(6-4-14)24(34)32-12-17(29)13-32;/h3-10,17-19,31H,11-13,29H2,1-2H3;1H. The lowest BCUT2D eigenvalue weighted by molar-refractivity contribution is -0.109. The maximum absolute atomic E-state index is 14.0. The molecule has 3 heterocycles. The highest BCUT2D eigenvalue weighted by Gasteiger charge is 2.46. The zero-order chi connectivity index (χ0) is 25.6. The van der Waals surface area contributed by atoms with Crippen LogP contribution in [-0.2, 0) is 0 Å².